The molecule has 1 heterocycles. The number of para-hydroxylation sites is 1. The number of hydrogen-bond acceptors (Lipinski definition) is 3. The average Bonchev–Trinajstić information content (AvgIpc) is 2.83. The van der Waals surface area contributed by atoms with Crippen LogP contribution in [0.3, 0.4) is 0 Å². The average molecular weight is 275 g/mol. The minimum Gasteiger partial charge on any atom is -0.306 e. The van der Waals surface area contributed by atoms with Gasteiger partial charge in [0.05, 0.1) is 17.7 Å². The molecule has 0 unspecified atom stereocenters. The van der Waals surface area contributed by atoms with Gasteiger partial charge >= 0.3 is 0 Å². The molecule has 0 aliphatic rings. The minimum atomic E-state index is 0.105. The van der Waals surface area contributed by atoms with Crippen LogP contribution in [0.5, 0.6) is 0 Å². The van der Waals surface area contributed by atoms with Crippen LogP contribution in [0.25, 0.3) is 5.69 Å². The van der Waals surface area contributed by atoms with Crippen molar-refractivity contribution >= 4 is 11.8 Å². The summed E-state index contributed by atoms with van der Waals surface area (Å²) >= 11 is 1.76. The summed E-state index contributed by atoms with van der Waals surface area (Å²) in [5.74, 6) is 0. The summed E-state index contributed by atoms with van der Waals surface area (Å²) in [6.45, 7) is 7.32. The first kappa shape index (κ1) is 14.2. The topological polar surface area (TPSA) is 29.9 Å². The van der Waals surface area contributed by atoms with Crippen molar-refractivity contribution < 1.29 is 0 Å². The van der Waals surface area contributed by atoms with E-state index in [1.165, 1.54) is 16.3 Å². The number of thioether (sulfide) groups is 1. The Labute approximate surface area is 119 Å². The van der Waals surface area contributed by atoms with E-state index in [1.54, 1.807) is 11.8 Å². The number of aromatic nitrogens is 2. The van der Waals surface area contributed by atoms with Gasteiger partial charge in [-0.05, 0) is 39.2 Å². The summed E-state index contributed by atoms with van der Waals surface area (Å²) in [6.07, 6.45) is 5.91. The Morgan fingerprint density at radius 1 is 1.26 bits per heavy atom. The monoisotopic (exact) mass is 275 g/mol. The third kappa shape index (κ3) is 3.61. The quantitative estimate of drug-likeness (QED) is 0.866. The van der Waals surface area contributed by atoms with E-state index < -0.39 is 0 Å². The maximum absolute atomic E-state index is 4.29. The zero-order valence-corrected chi connectivity index (χ0v) is 12.8. The molecule has 1 aromatic heterocycles. The van der Waals surface area contributed by atoms with Crippen LogP contribution in [0, 0.1) is 0 Å². The molecule has 0 spiro atoms. The van der Waals surface area contributed by atoms with Gasteiger partial charge in [0.25, 0.3) is 0 Å². The first-order chi connectivity index (χ1) is 9.01. The van der Waals surface area contributed by atoms with E-state index in [1.807, 2.05) is 12.5 Å². The van der Waals surface area contributed by atoms with Gasteiger partial charge in [-0.1, -0.05) is 12.1 Å². The standard InChI is InChI=1S/C15H21N3S/c1-15(2,3)17-10-12-9-16-11-18(12)13-7-5-6-8-14(13)19-4/h5-9,11,17H,10H2,1-4H3. The molecule has 2 rings (SSSR count). The van der Waals surface area contributed by atoms with Crippen molar-refractivity contribution in [1.82, 2.24) is 14.9 Å². The van der Waals surface area contributed by atoms with Crippen LogP contribution in [0.4, 0.5) is 0 Å². The van der Waals surface area contributed by atoms with Crippen molar-refractivity contribution in [3.8, 4) is 5.69 Å². The molecule has 0 atom stereocenters. The molecule has 2 aromatic rings. The number of nitrogens with zero attached hydrogens (tertiary/aromatic N) is 2. The van der Waals surface area contributed by atoms with Crippen LogP contribution in [0.15, 0.2) is 41.7 Å². The Hall–Kier alpha value is -1.26. The van der Waals surface area contributed by atoms with E-state index in [2.05, 4.69) is 66.2 Å². The summed E-state index contributed by atoms with van der Waals surface area (Å²) in [4.78, 5) is 5.55. The van der Waals surface area contributed by atoms with E-state index in [0.717, 1.165) is 6.54 Å². The largest absolute Gasteiger partial charge is 0.306 e. The number of hydrogen-bond donors (Lipinski definition) is 1. The van der Waals surface area contributed by atoms with Crippen molar-refractivity contribution in [2.75, 3.05) is 6.26 Å². The third-order valence-electron chi connectivity index (χ3n) is 2.86. The highest BCUT2D eigenvalue weighted by Crippen LogP contribution is 2.24. The zero-order chi connectivity index (χ0) is 13.9. The highest BCUT2D eigenvalue weighted by atomic mass is 32.2. The van der Waals surface area contributed by atoms with Gasteiger partial charge in [-0.2, -0.15) is 0 Å². The normalized spacial score (nSPS) is 11.8. The predicted molar refractivity (Wildman–Crippen MR) is 81.9 cm³/mol. The Morgan fingerprint density at radius 3 is 2.68 bits per heavy atom. The lowest BCUT2D eigenvalue weighted by atomic mass is 10.1. The molecule has 1 aromatic carbocycles. The van der Waals surface area contributed by atoms with Crippen molar-refractivity contribution in [1.29, 1.82) is 0 Å². The molecule has 0 amide bonds. The zero-order valence-electron chi connectivity index (χ0n) is 12.0. The Kier molecular flexibility index (Phi) is 4.32. The minimum absolute atomic E-state index is 0.105. The Morgan fingerprint density at radius 2 is 2.00 bits per heavy atom. The van der Waals surface area contributed by atoms with E-state index in [0.29, 0.717) is 0 Å². The smallest absolute Gasteiger partial charge is 0.0995 e. The molecule has 1 N–H and O–H groups in total. The van der Waals surface area contributed by atoms with E-state index in [9.17, 15) is 0 Å². The SMILES string of the molecule is CSc1ccccc1-n1cncc1CNC(C)(C)C. The molecule has 102 valence electrons. The van der Waals surface area contributed by atoms with Crippen LogP contribution in [0.2, 0.25) is 0 Å². The van der Waals surface area contributed by atoms with E-state index in [-0.39, 0.29) is 5.54 Å². The van der Waals surface area contributed by atoms with Gasteiger partial charge in [0, 0.05) is 23.2 Å². The molecule has 0 saturated heterocycles. The maximum atomic E-state index is 4.29. The van der Waals surface area contributed by atoms with Gasteiger partial charge < -0.3 is 9.88 Å². The molecule has 0 saturated carbocycles. The Bertz CT molecular complexity index is 540. The fourth-order valence-electron chi connectivity index (χ4n) is 1.85. The first-order valence-electron chi connectivity index (χ1n) is 6.41. The van der Waals surface area contributed by atoms with E-state index >= 15 is 0 Å². The maximum Gasteiger partial charge on any atom is 0.0995 e. The molecule has 0 fully saturated rings. The number of benzene rings is 1. The summed E-state index contributed by atoms with van der Waals surface area (Å²) in [7, 11) is 0. The molecule has 19 heavy (non-hydrogen) atoms. The molecule has 0 aliphatic carbocycles. The molecule has 0 aliphatic heterocycles. The van der Waals surface area contributed by atoms with Crippen molar-refractivity contribution in [3.63, 3.8) is 0 Å². The molecule has 0 bridgehead atoms. The molecule has 3 nitrogen and oxygen atoms in total. The molecular formula is C15H21N3S. The summed E-state index contributed by atoms with van der Waals surface area (Å²) in [5.41, 5.74) is 2.48. The van der Waals surface area contributed by atoms with Gasteiger partial charge in [-0.25, -0.2) is 4.98 Å². The van der Waals surface area contributed by atoms with Crippen LogP contribution in [-0.2, 0) is 6.54 Å². The third-order valence-corrected chi connectivity index (χ3v) is 3.64. The number of rotatable bonds is 4. The van der Waals surface area contributed by atoms with Crippen LogP contribution >= 0.6 is 11.8 Å². The predicted octanol–water partition coefficient (Wildman–Crippen LogP) is 3.48. The van der Waals surface area contributed by atoms with Gasteiger partial charge in [-0.3, -0.25) is 0 Å². The van der Waals surface area contributed by atoms with Crippen LogP contribution in [0.1, 0.15) is 26.5 Å². The highest BCUT2D eigenvalue weighted by molar-refractivity contribution is 7.98. The lowest BCUT2D eigenvalue weighted by molar-refractivity contribution is 0.419. The summed E-state index contributed by atoms with van der Waals surface area (Å²) < 4.78 is 2.16. The van der Waals surface area contributed by atoms with Gasteiger partial charge in [-0.15, -0.1) is 11.8 Å². The second kappa shape index (κ2) is 5.80. The first-order valence-corrected chi connectivity index (χ1v) is 7.63. The van der Waals surface area contributed by atoms with Gasteiger partial charge in [0.15, 0.2) is 0 Å². The fourth-order valence-corrected chi connectivity index (χ4v) is 2.44. The van der Waals surface area contributed by atoms with Crippen molar-refractivity contribution in [2.24, 2.45) is 0 Å². The second-order valence-electron chi connectivity index (χ2n) is 5.53. The number of imidazole rings is 1. The Balaban J connectivity index is 2.29. The lowest BCUT2D eigenvalue weighted by Crippen LogP contribution is -2.35. The number of nitrogens with one attached hydrogen (secondary N) is 1. The second-order valence-corrected chi connectivity index (χ2v) is 6.38. The molecular weight excluding hydrogens is 254 g/mol. The van der Waals surface area contributed by atoms with Gasteiger partial charge in [0.1, 0.15) is 0 Å². The van der Waals surface area contributed by atoms with Crippen LogP contribution < -0.4 is 5.32 Å². The fraction of sp³-hybridized carbons (Fsp3) is 0.400. The summed E-state index contributed by atoms with van der Waals surface area (Å²) in [5, 5.41) is 3.50. The van der Waals surface area contributed by atoms with Crippen molar-refractivity contribution in [3.05, 3.63) is 42.5 Å². The summed E-state index contributed by atoms with van der Waals surface area (Å²) in [6, 6.07) is 8.41. The van der Waals surface area contributed by atoms with Crippen LogP contribution in [-0.4, -0.2) is 21.3 Å². The lowest BCUT2D eigenvalue weighted by Gasteiger charge is -2.21. The van der Waals surface area contributed by atoms with E-state index in [4.69, 9.17) is 0 Å². The van der Waals surface area contributed by atoms with Crippen molar-refractivity contribution in [2.45, 2.75) is 37.8 Å². The molecule has 0 radical (unpaired) electrons. The highest BCUT2D eigenvalue weighted by Gasteiger charge is 2.12. The van der Waals surface area contributed by atoms with Gasteiger partial charge in [0.2, 0.25) is 0 Å². The molecule has 4 heteroatoms.